The molecule has 18 heavy (non-hydrogen) atoms. The molecule has 0 heterocycles. The highest BCUT2D eigenvalue weighted by Crippen LogP contribution is 2.12. The molecule has 0 saturated heterocycles. The summed E-state index contributed by atoms with van der Waals surface area (Å²) in [7, 11) is 0. The van der Waals surface area contributed by atoms with Crippen molar-refractivity contribution < 1.29 is 4.79 Å². The van der Waals surface area contributed by atoms with Gasteiger partial charge >= 0.3 is 0 Å². The van der Waals surface area contributed by atoms with Crippen LogP contribution in [-0.2, 0) is 6.54 Å². The highest BCUT2D eigenvalue weighted by molar-refractivity contribution is 9.10. The maximum atomic E-state index is 11.9. The van der Waals surface area contributed by atoms with Crippen molar-refractivity contribution in [1.29, 1.82) is 0 Å². The summed E-state index contributed by atoms with van der Waals surface area (Å²) in [4.78, 5) is 12.7. The van der Waals surface area contributed by atoms with Gasteiger partial charge in [0.1, 0.15) is 0 Å². The molecule has 0 spiro atoms. The van der Waals surface area contributed by atoms with Gasteiger partial charge in [0.05, 0.1) is 0 Å². The van der Waals surface area contributed by atoms with Crippen molar-refractivity contribution in [3.63, 3.8) is 0 Å². The fraction of sp³-hybridized carbons (Fsp3) is 0.0714. The Morgan fingerprint density at radius 3 is 2.56 bits per heavy atom. The Labute approximate surface area is 120 Å². The molecule has 2 nitrogen and oxygen atoms in total. The van der Waals surface area contributed by atoms with Crippen LogP contribution in [-0.4, -0.2) is 5.91 Å². The van der Waals surface area contributed by atoms with E-state index in [1.54, 1.807) is 24.3 Å². The van der Waals surface area contributed by atoms with E-state index in [9.17, 15) is 4.79 Å². The fourth-order valence-corrected chi connectivity index (χ4v) is 2.14. The van der Waals surface area contributed by atoms with E-state index < -0.39 is 0 Å². The van der Waals surface area contributed by atoms with Crippen molar-refractivity contribution in [1.82, 2.24) is 5.32 Å². The molecule has 0 radical (unpaired) electrons. The van der Waals surface area contributed by atoms with E-state index in [4.69, 9.17) is 0 Å². The van der Waals surface area contributed by atoms with Gasteiger partial charge in [0.15, 0.2) is 0 Å². The SMILES string of the molecule is O=C(NCc1cccc(Br)c1)c1ccc(S)cc1. The second kappa shape index (κ2) is 6.07. The van der Waals surface area contributed by atoms with Crippen LogP contribution < -0.4 is 5.32 Å². The largest absolute Gasteiger partial charge is 0.348 e. The second-order valence-electron chi connectivity index (χ2n) is 3.86. The molecule has 4 heteroatoms. The normalized spacial score (nSPS) is 10.1. The lowest BCUT2D eigenvalue weighted by molar-refractivity contribution is 0.0951. The number of carbonyl (C=O) groups is 1. The van der Waals surface area contributed by atoms with Crippen molar-refractivity contribution in [3.05, 3.63) is 64.1 Å². The minimum absolute atomic E-state index is 0.0803. The van der Waals surface area contributed by atoms with Gasteiger partial charge in [-0.3, -0.25) is 4.79 Å². The average molecular weight is 322 g/mol. The molecule has 0 unspecified atom stereocenters. The van der Waals surface area contributed by atoms with Crippen LogP contribution in [0.5, 0.6) is 0 Å². The van der Waals surface area contributed by atoms with Crippen LogP contribution in [0.3, 0.4) is 0 Å². The third-order valence-electron chi connectivity index (χ3n) is 2.47. The number of carbonyl (C=O) groups excluding carboxylic acids is 1. The van der Waals surface area contributed by atoms with Crippen LogP contribution in [0.1, 0.15) is 15.9 Å². The molecule has 0 aliphatic rings. The maximum Gasteiger partial charge on any atom is 0.251 e. The number of hydrogen-bond donors (Lipinski definition) is 2. The summed E-state index contributed by atoms with van der Waals surface area (Å²) in [6.45, 7) is 0.515. The first kappa shape index (κ1) is 13.2. The lowest BCUT2D eigenvalue weighted by atomic mass is 10.2. The van der Waals surface area contributed by atoms with Gasteiger partial charge in [0.2, 0.25) is 0 Å². The summed E-state index contributed by atoms with van der Waals surface area (Å²) in [6, 6.07) is 15.0. The molecular formula is C14H12BrNOS. The monoisotopic (exact) mass is 321 g/mol. The Hall–Kier alpha value is -1.26. The van der Waals surface area contributed by atoms with Gasteiger partial charge < -0.3 is 5.32 Å². The summed E-state index contributed by atoms with van der Waals surface area (Å²) in [5, 5.41) is 2.88. The molecular weight excluding hydrogens is 310 g/mol. The smallest absolute Gasteiger partial charge is 0.251 e. The number of thiol groups is 1. The number of halogens is 1. The average Bonchev–Trinajstić information content (AvgIpc) is 2.37. The van der Waals surface area contributed by atoms with Gasteiger partial charge in [-0.15, -0.1) is 12.6 Å². The number of amides is 1. The fourth-order valence-electron chi connectivity index (χ4n) is 1.54. The number of rotatable bonds is 3. The first-order chi connectivity index (χ1) is 8.65. The standard InChI is InChI=1S/C14H12BrNOS/c15-12-3-1-2-10(8-12)9-16-14(17)11-4-6-13(18)7-5-11/h1-8,18H,9H2,(H,16,17). The Balaban J connectivity index is 1.98. The van der Waals surface area contributed by atoms with Crippen molar-refractivity contribution in [3.8, 4) is 0 Å². The minimum Gasteiger partial charge on any atom is -0.348 e. The van der Waals surface area contributed by atoms with Crippen molar-refractivity contribution in [2.24, 2.45) is 0 Å². The van der Waals surface area contributed by atoms with Crippen LogP contribution >= 0.6 is 28.6 Å². The number of hydrogen-bond acceptors (Lipinski definition) is 2. The van der Waals surface area contributed by atoms with Gasteiger partial charge in [-0.1, -0.05) is 28.1 Å². The van der Waals surface area contributed by atoms with E-state index in [1.807, 2.05) is 24.3 Å². The molecule has 0 bridgehead atoms. The molecule has 0 fully saturated rings. The summed E-state index contributed by atoms with van der Waals surface area (Å²) in [6.07, 6.45) is 0. The summed E-state index contributed by atoms with van der Waals surface area (Å²) in [5.74, 6) is -0.0803. The highest BCUT2D eigenvalue weighted by atomic mass is 79.9. The Morgan fingerprint density at radius 2 is 1.89 bits per heavy atom. The van der Waals surface area contributed by atoms with Gasteiger partial charge in [-0.25, -0.2) is 0 Å². The predicted molar refractivity (Wildman–Crippen MR) is 79.0 cm³/mol. The Morgan fingerprint density at radius 1 is 1.17 bits per heavy atom. The van der Waals surface area contributed by atoms with Crippen LogP contribution in [0.25, 0.3) is 0 Å². The van der Waals surface area contributed by atoms with Crippen molar-refractivity contribution in [2.75, 3.05) is 0 Å². The third kappa shape index (κ3) is 3.62. The van der Waals surface area contributed by atoms with Crippen LogP contribution in [0, 0.1) is 0 Å². The third-order valence-corrected chi connectivity index (χ3v) is 3.26. The van der Waals surface area contributed by atoms with Crippen LogP contribution in [0.4, 0.5) is 0 Å². The minimum atomic E-state index is -0.0803. The molecule has 92 valence electrons. The van der Waals surface area contributed by atoms with E-state index in [2.05, 4.69) is 33.9 Å². The first-order valence-corrected chi connectivity index (χ1v) is 6.71. The zero-order valence-electron chi connectivity index (χ0n) is 9.56. The zero-order valence-corrected chi connectivity index (χ0v) is 12.0. The summed E-state index contributed by atoms with van der Waals surface area (Å²) < 4.78 is 1.01. The molecule has 2 rings (SSSR count). The lowest BCUT2D eigenvalue weighted by Crippen LogP contribution is -2.22. The van der Waals surface area contributed by atoms with Gasteiger partial charge in [-0.2, -0.15) is 0 Å². The van der Waals surface area contributed by atoms with E-state index >= 15 is 0 Å². The molecule has 0 atom stereocenters. The molecule has 1 N–H and O–H groups in total. The van der Waals surface area contributed by atoms with Crippen molar-refractivity contribution >= 4 is 34.5 Å². The zero-order chi connectivity index (χ0) is 13.0. The number of benzene rings is 2. The van der Waals surface area contributed by atoms with E-state index in [1.165, 1.54) is 0 Å². The van der Waals surface area contributed by atoms with Crippen LogP contribution in [0.2, 0.25) is 0 Å². The first-order valence-electron chi connectivity index (χ1n) is 5.47. The Bertz CT molecular complexity index is 554. The summed E-state index contributed by atoms with van der Waals surface area (Å²) in [5.41, 5.74) is 1.70. The van der Waals surface area contributed by atoms with Crippen LogP contribution in [0.15, 0.2) is 57.9 Å². The molecule has 0 aromatic heterocycles. The number of nitrogens with one attached hydrogen (secondary N) is 1. The quantitative estimate of drug-likeness (QED) is 0.830. The Kier molecular flexibility index (Phi) is 4.44. The highest BCUT2D eigenvalue weighted by Gasteiger charge is 2.04. The van der Waals surface area contributed by atoms with Gasteiger partial charge in [-0.05, 0) is 42.0 Å². The maximum absolute atomic E-state index is 11.9. The molecule has 2 aromatic carbocycles. The molecule has 0 aliphatic heterocycles. The predicted octanol–water partition coefficient (Wildman–Crippen LogP) is 3.67. The molecule has 0 saturated carbocycles. The molecule has 1 amide bonds. The summed E-state index contributed by atoms with van der Waals surface area (Å²) >= 11 is 7.58. The molecule has 2 aromatic rings. The topological polar surface area (TPSA) is 29.1 Å². The lowest BCUT2D eigenvalue weighted by Gasteiger charge is -2.06. The molecule has 0 aliphatic carbocycles. The van der Waals surface area contributed by atoms with E-state index in [-0.39, 0.29) is 5.91 Å². The van der Waals surface area contributed by atoms with E-state index in [0.29, 0.717) is 12.1 Å². The van der Waals surface area contributed by atoms with Crippen molar-refractivity contribution in [2.45, 2.75) is 11.4 Å². The van der Waals surface area contributed by atoms with Gasteiger partial charge in [0, 0.05) is 21.5 Å². The second-order valence-corrected chi connectivity index (χ2v) is 5.29. The van der Waals surface area contributed by atoms with Gasteiger partial charge in [0.25, 0.3) is 5.91 Å². The van der Waals surface area contributed by atoms with E-state index in [0.717, 1.165) is 14.9 Å².